The molecule has 3 nitrogen and oxygen atoms in total. The van der Waals surface area contributed by atoms with Gasteiger partial charge in [-0.05, 0) is 66.9 Å². The third kappa shape index (κ3) is 6.16. The van der Waals surface area contributed by atoms with Gasteiger partial charge in [-0.3, -0.25) is 4.79 Å². The third-order valence-corrected chi connectivity index (χ3v) is 7.48. The average Bonchev–Trinajstić information content (AvgIpc) is 3.40. The highest BCUT2D eigenvalue weighted by atomic mass is 32.1. The monoisotopic (exact) mass is 438 g/mol. The Kier molecular flexibility index (Phi) is 8.65. The molecule has 0 radical (unpaired) electrons. The Bertz CT molecular complexity index is 893. The molecule has 166 valence electrons. The zero-order valence-corrected chi connectivity index (χ0v) is 19.8. The van der Waals surface area contributed by atoms with Crippen molar-refractivity contribution in [2.75, 3.05) is 7.11 Å². The van der Waals surface area contributed by atoms with Gasteiger partial charge < -0.3 is 4.74 Å². The molecule has 3 rings (SSSR count). The summed E-state index contributed by atoms with van der Waals surface area (Å²) in [7, 11) is 1.41. The molecule has 2 aromatic rings. The van der Waals surface area contributed by atoms with Crippen LogP contribution in [-0.4, -0.2) is 18.9 Å². The van der Waals surface area contributed by atoms with Crippen molar-refractivity contribution in [3.63, 3.8) is 0 Å². The molecular weight excluding hydrogens is 404 g/mol. The van der Waals surface area contributed by atoms with Crippen LogP contribution >= 0.6 is 11.3 Å². The molecule has 1 aliphatic carbocycles. The first-order valence-corrected chi connectivity index (χ1v) is 12.3. The van der Waals surface area contributed by atoms with Crippen molar-refractivity contribution < 1.29 is 14.3 Å². The maximum atomic E-state index is 12.6. The number of benzene rings is 1. The van der Waals surface area contributed by atoms with Crippen molar-refractivity contribution in [1.82, 2.24) is 0 Å². The molecule has 1 heterocycles. The number of hydrogen-bond donors (Lipinski definition) is 0. The molecule has 0 fully saturated rings. The van der Waals surface area contributed by atoms with Gasteiger partial charge in [-0.25, -0.2) is 4.79 Å². The van der Waals surface area contributed by atoms with Gasteiger partial charge in [0.25, 0.3) is 0 Å². The van der Waals surface area contributed by atoms with Gasteiger partial charge in [0.15, 0.2) is 5.78 Å². The Balaban J connectivity index is 1.56. The number of carbonyl (C=O) groups excluding carboxylic acids is 2. The second-order valence-electron chi connectivity index (χ2n) is 8.62. The number of methoxy groups -OCH3 is 1. The maximum Gasteiger partial charge on any atom is 0.348 e. The summed E-state index contributed by atoms with van der Waals surface area (Å²) in [5, 5.41) is 0. The number of aryl methyl sites for hydroxylation is 1. The van der Waals surface area contributed by atoms with Gasteiger partial charge in [-0.1, -0.05) is 63.5 Å². The predicted octanol–water partition coefficient (Wildman–Crippen LogP) is 7.08. The number of ketones is 1. The zero-order chi connectivity index (χ0) is 22.2. The molecular formula is C27H34O3S. The lowest BCUT2D eigenvalue weighted by Gasteiger charge is -2.20. The molecule has 0 saturated heterocycles. The Hall–Kier alpha value is -2.20. The van der Waals surface area contributed by atoms with E-state index >= 15 is 0 Å². The van der Waals surface area contributed by atoms with Crippen LogP contribution in [0.5, 0.6) is 0 Å². The van der Waals surface area contributed by atoms with Gasteiger partial charge in [-0.15, -0.1) is 11.3 Å². The smallest absolute Gasteiger partial charge is 0.348 e. The minimum Gasteiger partial charge on any atom is -0.465 e. The molecule has 0 amide bonds. The molecule has 1 aromatic carbocycles. The van der Waals surface area contributed by atoms with Crippen LogP contribution in [-0.2, 0) is 16.0 Å². The van der Waals surface area contributed by atoms with Crippen LogP contribution in [0, 0.1) is 5.92 Å². The minimum absolute atomic E-state index is 0.0570. The molecule has 0 aliphatic heterocycles. The van der Waals surface area contributed by atoms with E-state index in [1.165, 1.54) is 54.6 Å². The van der Waals surface area contributed by atoms with Gasteiger partial charge in [0.1, 0.15) is 4.88 Å². The van der Waals surface area contributed by atoms with Crippen LogP contribution < -0.4 is 0 Å². The standard InChI is InChI=1S/C27H34O3S/c1-4-5-6-8-19(2)20-11-13-22(14-12-20)26-21(15-17-24(26)28)9-7-10-23-16-18-25(31-23)27(29)30-3/h11-19,21,26H,4-10H2,1-3H3. The second kappa shape index (κ2) is 11.4. The first-order chi connectivity index (χ1) is 15.0. The number of allylic oxidation sites excluding steroid dienone is 2. The third-order valence-electron chi connectivity index (χ3n) is 6.36. The topological polar surface area (TPSA) is 43.4 Å². The summed E-state index contributed by atoms with van der Waals surface area (Å²) in [6.07, 6.45) is 11.8. The van der Waals surface area contributed by atoms with E-state index in [1.807, 2.05) is 12.1 Å². The Labute approximate surface area is 190 Å². The largest absolute Gasteiger partial charge is 0.465 e. The molecule has 0 N–H and O–H groups in total. The van der Waals surface area contributed by atoms with Crippen LogP contribution in [0.2, 0.25) is 0 Å². The number of thiophene rings is 1. The Morgan fingerprint density at radius 1 is 1.10 bits per heavy atom. The Morgan fingerprint density at radius 2 is 1.87 bits per heavy atom. The van der Waals surface area contributed by atoms with Crippen LogP contribution in [0.4, 0.5) is 0 Å². The van der Waals surface area contributed by atoms with E-state index in [4.69, 9.17) is 4.74 Å². The normalized spacial score (nSPS) is 19.0. The zero-order valence-electron chi connectivity index (χ0n) is 18.9. The Morgan fingerprint density at radius 3 is 2.58 bits per heavy atom. The first kappa shape index (κ1) is 23.5. The molecule has 1 aromatic heterocycles. The van der Waals surface area contributed by atoms with Crippen molar-refractivity contribution >= 4 is 23.1 Å². The summed E-state index contributed by atoms with van der Waals surface area (Å²) in [6, 6.07) is 12.6. The summed E-state index contributed by atoms with van der Waals surface area (Å²) < 4.78 is 4.78. The van der Waals surface area contributed by atoms with Gasteiger partial charge >= 0.3 is 5.97 Å². The molecule has 1 aliphatic rings. The number of rotatable bonds is 11. The molecule has 0 spiro atoms. The molecule has 3 atom stereocenters. The lowest BCUT2D eigenvalue weighted by Crippen LogP contribution is -2.14. The fourth-order valence-electron chi connectivity index (χ4n) is 4.45. The van der Waals surface area contributed by atoms with Gasteiger partial charge in [0.2, 0.25) is 0 Å². The highest BCUT2D eigenvalue weighted by Gasteiger charge is 2.31. The summed E-state index contributed by atoms with van der Waals surface area (Å²) in [5.74, 6) is 0.704. The fraction of sp³-hybridized carbons (Fsp3) is 0.481. The first-order valence-electron chi connectivity index (χ1n) is 11.5. The average molecular weight is 439 g/mol. The van der Waals surface area contributed by atoms with E-state index in [2.05, 4.69) is 44.2 Å². The maximum absolute atomic E-state index is 12.6. The van der Waals surface area contributed by atoms with Crippen molar-refractivity contribution in [2.45, 2.75) is 70.6 Å². The molecule has 31 heavy (non-hydrogen) atoms. The summed E-state index contributed by atoms with van der Waals surface area (Å²) >= 11 is 1.50. The quantitative estimate of drug-likeness (QED) is 0.278. The van der Waals surface area contributed by atoms with E-state index in [0.717, 1.165) is 24.8 Å². The number of hydrogen-bond acceptors (Lipinski definition) is 4. The van der Waals surface area contributed by atoms with E-state index in [1.54, 1.807) is 6.08 Å². The van der Waals surface area contributed by atoms with E-state index in [-0.39, 0.29) is 23.6 Å². The van der Waals surface area contributed by atoms with Crippen molar-refractivity contribution in [2.24, 2.45) is 5.92 Å². The number of esters is 1. The van der Waals surface area contributed by atoms with Crippen molar-refractivity contribution in [3.8, 4) is 0 Å². The molecule has 0 saturated carbocycles. The van der Waals surface area contributed by atoms with E-state index < -0.39 is 0 Å². The van der Waals surface area contributed by atoms with Crippen LogP contribution in [0.1, 0.15) is 89.9 Å². The number of ether oxygens (including phenoxy) is 1. The van der Waals surface area contributed by atoms with E-state index in [9.17, 15) is 9.59 Å². The lowest BCUT2D eigenvalue weighted by molar-refractivity contribution is -0.116. The van der Waals surface area contributed by atoms with E-state index in [0.29, 0.717) is 10.8 Å². The lowest BCUT2D eigenvalue weighted by atomic mass is 9.83. The van der Waals surface area contributed by atoms with Crippen LogP contribution in [0.3, 0.4) is 0 Å². The number of carbonyl (C=O) groups is 2. The van der Waals surface area contributed by atoms with Gasteiger partial charge in [0, 0.05) is 4.88 Å². The van der Waals surface area contributed by atoms with Crippen molar-refractivity contribution in [3.05, 3.63) is 69.4 Å². The minimum atomic E-state index is -0.274. The molecule has 0 bridgehead atoms. The predicted molar refractivity (Wildman–Crippen MR) is 128 cm³/mol. The summed E-state index contributed by atoms with van der Waals surface area (Å²) in [6.45, 7) is 4.54. The van der Waals surface area contributed by atoms with Gasteiger partial charge in [-0.2, -0.15) is 0 Å². The number of unbranched alkanes of at least 4 members (excludes halogenated alkanes) is 2. The summed E-state index contributed by atoms with van der Waals surface area (Å²) in [4.78, 5) is 26.0. The second-order valence-corrected chi connectivity index (χ2v) is 9.78. The highest BCUT2D eigenvalue weighted by molar-refractivity contribution is 7.13. The molecule has 4 heteroatoms. The van der Waals surface area contributed by atoms with Crippen LogP contribution in [0.15, 0.2) is 48.6 Å². The van der Waals surface area contributed by atoms with Gasteiger partial charge in [0.05, 0.1) is 13.0 Å². The highest BCUT2D eigenvalue weighted by Crippen LogP contribution is 2.36. The van der Waals surface area contributed by atoms with Crippen molar-refractivity contribution in [1.29, 1.82) is 0 Å². The summed E-state index contributed by atoms with van der Waals surface area (Å²) in [5.41, 5.74) is 2.50. The SMILES string of the molecule is CCCCCC(C)c1ccc(C2C(=O)C=CC2CCCc2ccc(C(=O)OC)s2)cc1. The molecule has 3 unspecified atom stereocenters. The van der Waals surface area contributed by atoms with Crippen LogP contribution in [0.25, 0.3) is 0 Å². The fourth-order valence-corrected chi connectivity index (χ4v) is 5.42.